The number of guanidine groups is 1. The van der Waals surface area contributed by atoms with Gasteiger partial charge >= 0.3 is 0 Å². The molecule has 1 aromatic heterocycles. The lowest BCUT2D eigenvalue weighted by molar-refractivity contribution is 0.0907. The lowest BCUT2D eigenvalue weighted by Crippen LogP contribution is -2.40. The van der Waals surface area contributed by atoms with Crippen LogP contribution in [-0.2, 0) is 17.8 Å². The van der Waals surface area contributed by atoms with Crippen molar-refractivity contribution in [3.8, 4) is 0 Å². The maximum absolute atomic E-state index is 5.93. The van der Waals surface area contributed by atoms with E-state index in [1.54, 1.807) is 11.3 Å². The summed E-state index contributed by atoms with van der Waals surface area (Å²) in [7, 11) is 1.87. The zero-order valence-electron chi connectivity index (χ0n) is 17.1. The zero-order chi connectivity index (χ0) is 19.6. The van der Waals surface area contributed by atoms with Gasteiger partial charge in [0, 0.05) is 43.7 Å². The van der Waals surface area contributed by atoms with Gasteiger partial charge in [0.15, 0.2) is 5.96 Å². The van der Waals surface area contributed by atoms with Gasteiger partial charge in [0.2, 0.25) is 0 Å². The van der Waals surface area contributed by atoms with Crippen LogP contribution in [0.3, 0.4) is 0 Å². The number of aliphatic imine (C=N–C) groups is 1. The quantitative estimate of drug-likeness (QED) is 0.394. The molecule has 1 aliphatic heterocycles. The average Bonchev–Trinajstić information content (AvgIpc) is 3.35. The summed E-state index contributed by atoms with van der Waals surface area (Å²) in [6, 6.07) is 10.4. The van der Waals surface area contributed by atoms with Gasteiger partial charge in [0.25, 0.3) is 0 Å². The molecule has 2 aromatic rings. The summed E-state index contributed by atoms with van der Waals surface area (Å²) < 4.78 is 5.93. The molecule has 3 rings (SSSR count). The van der Waals surface area contributed by atoms with Gasteiger partial charge in [-0.25, -0.2) is 4.98 Å². The second kappa shape index (κ2) is 11.2. The molecular formula is C22H32N4OS. The minimum atomic E-state index is 0.579. The molecule has 0 radical (unpaired) electrons. The molecule has 0 saturated carbocycles. The topological polar surface area (TPSA) is 49.8 Å². The first-order valence-corrected chi connectivity index (χ1v) is 11.1. The van der Waals surface area contributed by atoms with E-state index in [9.17, 15) is 0 Å². The van der Waals surface area contributed by atoms with E-state index in [4.69, 9.17) is 4.74 Å². The number of likely N-dealkylation sites (tertiary alicyclic amines) is 1. The molecule has 1 fully saturated rings. The van der Waals surface area contributed by atoms with Crippen LogP contribution in [0.25, 0.3) is 0 Å². The molecule has 1 unspecified atom stereocenters. The van der Waals surface area contributed by atoms with E-state index in [1.807, 2.05) is 13.1 Å². The summed E-state index contributed by atoms with van der Waals surface area (Å²) in [5.41, 5.74) is 2.37. The Morgan fingerprint density at radius 2 is 2.18 bits per heavy atom. The summed E-state index contributed by atoms with van der Waals surface area (Å²) >= 11 is 1.77. The average molecular weight is 401 g/mol. The third-order valence-electron chi connectivity index (χ3n) is 5.03. The van der Waals surface area contributed by atoms with E-state index in [0.717, 1.165) is 57.2 Å². The van der Waals surface area contributed by atoms with Crippen LogP contribution < -0.4 is 5.32 Å². The van der Waals surface area contributed by atoms with Gasteiger partial charge in [-0.15, -0.1) is 11.3 Å². The molecule has 5 nitrogen and oxygen atoms in total. The lowest BCUT2D eigenvalue weighted by Gasteiger charge is -2.21. The van der Waals surface area contributed by atoms with Gasteiger partial charge in [0.1, 0.15) is 0 Å². The van der Waals surface area contributed by atoms with E-state index in [0.29, 0.717) is 12.5 Å². The van der Waals surface area contributed by atoms with Crippen LogP contribution >= 0.6 is 11.3 Å². The predicted octanol–water partition coefficient (Wildman–Crippen LogP) is 3.89. The summed E-state index contributed by atoms with van der Waals surface area (Å²) in [6.45, 7) is 6.60. The Hall–Kier alpha value is -1.92. The van der Waals surface area contributed by atoms with Crippen molar-refractivity contribution in [2.24, 2.45) is 10.9 Å². The number of aryl methyl sites for hydroxylation is 2. The van der Waals surface area contributed by atoms with Crippen LogP contribution in [0.1, 0.15) is 35.5 Å². The van der Waals surface area contributed by atoms with Gasteiger partial charge in [0.05, 0.1) is 18.2 Å². The Labute approximate surface area is 172 Å². The smallest absolute Gasteiger partial charge is 0.193 e. The van der Waals surface area contributed by atoms with Crippen molar-refractivity contribution in [3.63, 3.8) is 0 Å². The number of aromatic nitrogens is 1. The maximum atomic E-state index is 5.93. The molecular weight excluding hydrogens is 368 g/mol. The fourth-order valence-electron chi connectivity index (χ4n) is 3.53. The first-order valence-electron chi connectivity index (χ1n) is 10.2. The second-order valence-electron chi connectivity index (χ2n) is 7.42. The normalized spacial score (nSPS) is 17.3. The minimum absolute atomic E-state index is 0.579. The molecule has 28 heavy (non-hydrogen) atoms. The second-order valence-corrected chi connectivity index (χ2v) is 8.36. The molecule has 0 amide bonds. The monoisotopic (exact) mass is 400 g/mol. The predicted molar refractivity (Wildman–Crippen MR) is 117 cm³/mol. The van der Waals surface area contributed by atoms with E-state index in [2.05, 4.69) is 56.8 Å². The Balaban J connectivity index is 1.30. The maximum Gasteiger partial charge on any atom is 0.193 e. The van der Waals surface area contributed by atoms with Crippen molar-refractivity contribution in [3.05, 3.63) is 52.0 Å². The van der Waals surface area contributed by atoms with Crippen LogP contribution in [0, 0.1) is 12.8 Å². The molecule has 152 valence electrons. The van der Waals surface area contributed by atoms with Crippen molar-refractivity contribution >= 4 is 17.3 Å². The number of nitrogens with zero attached hydrogens (tertiary/aromatic N) is 3. The van der Waals surface area contributed by atoms with Crippen LogP contribution in [0.5, 0.6) is 0 Å². The van der Waals surface area contributed by atoms with Crippen LogP contribution in [0.4, 0.5) is 0 Å². The van der Waals surface area contributed by atoms with Gasteiger partial charge in [-0.05, 0) is 38.2 Å². The molecule has 1 aromatic carbocycles. The van der Waals surface area contributed by atoms with Crippen LogP contribution in [0.2, 0.25) is 0 Å². The number of ether oxygens (including phenoxy) is 1. The Kier molecular flexibility index (Phi) is 8.30. The SMILES string of the molecule is CN=C(NCCCCc1nc(C)cs1)N1CCC(COCc2ccccc2)C1. The number of nitrogens with one attached hydrogen (secondary N) is 1. The third kappa shape index (κ3) is 6.60. The van der Waals surface area contributed by atoms with Crippen molar-refractivity contribution in [1.82, 2.24) is 15.2 Å². The molecule has 2 heterocycles. The molecule has 0 aliphatic carbocycles. The standard InChI is InChI=1S/C22H32N4OS/c1-18-17-28-21(25-18)10-6-7-12-24-22(23-2)26-13-11-20(14-26)16-27-15-19-8-4-3-5-9-19/h3-5,8-9,17,20H,6-7,10-16H2,1-2H3,(H,23,24). The highest BCUT2D eigenvalue weighted by molar-refractivity contribution is 7.09. The van der Waals surface area contributed by atoms with Crippen molar-refractivity contribution in [2.45, 2.75) is 39.2 Å². The largest absolute Gasteiger partial charge is 0.376 e. The Morgan fingerprint density at radius 1 is 1.32 bits per heavy atom. The van der Waals surface area contributed by atoms with Gasteiger partial charge in [-0.3, -0.25) is 4.99 Å². The highest BCUT2D eigenvalue weighted by Crippen LogP contribution is 2.17. The molecule has 6 heteroatoms. The summed E-state index contributed by atoms with van der Waals surface area (Å²) in [6.07, 6.45) is 4.53. The number of hydrogen-bond donors (Lipinski definition) is 1. The van der Waals surface area contributed by atoms with Crippen molar-refractivity contribution in [2.75, 3.05) is 33.3 Å². The van der Waals surface area contributed by atoms with Crippen LogP contribution in [0.15, 0.2) is 40.7 Å². The van der Waals surface area contributed by atoms with Crippen molar-refractivity contribution < 1.29 is 4.74 Å². The molecule has 1 atom stereocenters. The fourth-order valence-corrected chi connectivity index (χ4v) is 4.35. The first-order chi connectivity index (χ1) is 13.7. The van der Waals surface area contributed by atoms with Gasteiger partial charge < -0.3 is 15.0 Å². The summed E-state index contributed by atoms with van der Waals surface area (Å²) in [5.74, 6) is 1.60. The third-order valence-corrected chi connectivity index (χ3v) is 6.06. The van der Waals surface area contributed by atoms with E-state index in [1.165, 1.54) is 17.0 Å². The van der Waals surface area contributed by atoms with Crippen LogP contribution in [-0.4, -0.2) is 49.1 Å². The summed E-state index contributed by atoms with van der Waals surface area (Å²) in [5, 5.41) is 6.90. The Morgan fingerprint density at radius 3 is 2.93 bits per heavy atom. The lowest BCUT2D eigenvalue weighted by atomic mass is 10.1. The molecule has 1 saturated heterocycles. The number of thiazole rings is 1. The van der Waals surface area contributed by atoms with Gasteiger partial charge in [-0.1, -0.05) is 30.3 Å². The number of unbranched alkanes of at least 4 members (excludes halogenated alkanes) is 1. The number of hydrogen-bond acceptors (Lipinski definition) is 4. The number of benzene rings is 1. The first kappa shape index (κ1) is 20.8. The minimum Gasteiger partial charge on any atom is -0.376 e. The zero-order valence-corrected chi connectivity index (χ0v) is 17.9. The Bertz CT molecular complexity index is 731. The highest BCUT2D eigenvalue weighted by atomic mass is 32.1. The van der Waals surface area contributed by atoms with Gasteiger partial charge in [-0.2, -0.15) is 0 Å². The fraction of sp³-hybridized carbons (Fsp3) is 0.545. The van der Waals surface area contributed by atoms with E-state index < -0.39 is 0 Å². The molecule has 1 N–H and O–H groups in total. The molecule has 0 bridgehead atoms. The molecule has 1 aliphatic rings. The number of rotatable bonds is 9. The van der Waals surface area contributed by atoms with Crippen molar-refractivity contribution in [1.29, 1.82) is 0 Å². The molecule has 0 spiro atoms. The summed E-state index contributed by atoms with van der Waals surface area (Å²) in [4.78, 5) is 11.4. The van der Waals surface area contributed by atoms with E-state index >= 15 is 0 Å². The highest BCUT2D eigenvalue weighted by Gasteiger charge is 2.24. The van der Waals surface area contributed by atoms with E-state index in [-0.39, 0.29) is 0 Å².